The monoisotopic (exact) mass is 597 g/mol. The molecule has 0 bridgehead atoms. The topological polar surface area (TPSA) is 83.0 Å². The molecule has 1 amide bonds. The number of halogens is 3. The summed E-state index contributed by atoms with van der Waals surface area (Å²) in [5, 5.41) is 13.7. The van der Waals surface area contributed by atoms with Gasteiger partial charge in [0.2, 0.25) is 10.9 Å². The second kappa shape index (κ2) is 12.1. The number of nitrogens with zero attached hydrogens (tertiary/aromatic N) is 5. The van der Waals surface area contributed by atoms with E-state index >= 15 is 0 Å². The quantitative estimate of drug-likeness (QED) is 0.266. The Bertz CT molecular complexity index is 1550. The van der Waals surface area contributed by atoms with Crippen molar-refractivity contribution in [2.24, 2.45) is 0 Å². The van der Waals surface area contributed by atoms with E-state index in [2.05, 4.69) is 9.94 Å². The lowest BCUT2D eigenvalue weighted by molar-refractivity contribution is -0.142. The molecule has 2 aliphatic rings. The molecular weight excluding hydrogens is 567 g/mol. The van der Waals surface area contributed by atoms with Crippen LogP contribution in [0.25, 0.3) is 4.85 Å². The maximum atomic E-state index is 13.8. The Balaban J connectivity index is 1.43. The SMILES string of the molecule is [C-]#[N+]c1cc2c(s1)CN(C(=O)/C=C/CN1CCCC1C(=O)O)C[C@H]2c1ccccc1Cc1cn(CC)nc1C(F)(F)F. The van der Waals surface area contributed by atoms with Gasteiger partial charge in [0.05, 0.1) is 13.1 Å². The van der Waals surface area contributed by atoms with Crippen molar-refractivity contribution in [2.75, 3.05) is 19.6 Å². The summed E-state index contributed by atoms with van der Waals surface area (Å²) in [6, 6.07) is 8.56. The fourth-order valence-corrected chi connectivity index (χ4v) is 6.87. The van der Waals surface area contributed by atoms with E-state index in [0.29, 0.717) is 49.7 Å². The number of likely N-dealkylation sites (tertiary alicyclic amines) is 1. The Labute approximate surface area is 245 Å². The molecule has 2 aliphatic heterocycles. The summed E-state index contributed by atoms with van der Waals surface area (Å²) in [6.07, 6.45) is 1.39. The number of carboxylic acids is 1. The van der Waals surface area contributed by atoms with Gasteiger partial charge in [-0.25, -0.2) is 4.85 Å². The number of hydrogen-bond donors (Lipinski definition) is 1. The highest BCUT2D eigenvalue weighted by molar-refractivity contribution is 7.16. The van der Waals surface area contributed by atoms with Crippen LogP contribution in [-0.4, -0.2) is 62.2 Å². The highest BCUT2D eigenvalue weighted by Crippen LogP contribution is 2.43. The van der Waals surface area contributed by atoms with Crippen molar-refractivity contribution in [2.45, 2.75) is 57.4 Å². The molecule has 4 heterocycles. The van der Waals surface area contributed by atoms with Crippen LogP contribution < -0.4 is 0 Å². The van der Waals surface area contributed by atoms with Gasteiger partial charge in [0, 0.05) is 54.7 Å². The number of carboxylic acid groups (broad SMARTS) is 1. The number of thiophene rings is 1. The van der Waals surface area contributed by atoms with Gasteiger partial charge in [-0.1, -0.05) is 30.3 Å². The van der Waals surface area contributed by atoms with Crippen molar-refractivity contribution in [3.05, 3.63) is 92.9 Å². The first kappa shape index (κ1) is 29.5. The summed E-state index contributed by atoms with van der Waals surface area (Å²) < 4.78 is 42.7. The molecule has 0 saturated carbocycles. The molecule has 1 N–H and O–H groups in total. The van der Waals surface area contributed by atoms with Crippen LogP contribution in [0.3, 0.4) is 0 Å². The molecule has 220 valence electrons. The number of amides is 1. The van der Waals surface area contributed by atoms with Crippen LogP contribution in [0.15, 0.2) is 48.7 Å². The molecule has 1 fully saturated rings. The van der Waals surface area contributed by atoms with Crippen LogP contribution in [0.2, 0.25) is 0 Å². The number of alkyl halides is 3. The third-order valence-corrected chi connectivity index (χ3v) is 8.88. The Morgan fingerprint density at radius 2 is 2.02 bits per heavy atom. The van der Waals surface area contributed by atoms with Crippen molar-refractivity contribution in [3.63, 3.8) is 0 Å². The lowest BCUT2D eigenvalue weighted by Crippen LogP contribution is -2.38. The van der Waals surface area contributed by atoms with Gasteiger partial charge in [-0.15, -0.1) is 0 Å². The van der Waals surface area contributed by atoms with Crippen LogP contribution in [0, 0.1) is 6.57 Å². The van der Waals surface area contributed by atoms with E-state index in [9.17, 15) is 27.9 Å². The zero-order valence-corrected chi connectivity index (χ0v) is 23.8. The Morgan fingerprint density at radius 3 is 2.74 bits per heavy atom. The summed E-state index contributed by atoms with van der Waals surface area (Å²) >= 11 is 1.32. The molecule has 2 aromatic heterocycles. The maximum Gasteiger partial charge on any atom is 0.435 e. The first-order chi connectivity index (χ1) is 20.1. The van der Waals surface area contributed by atoms with E-state index in [1.165, 1.54) is 28.3 Å². The lowest BCUT2D eigenvalue weighted by atomic mass is 9.84. The minimum atomic E-state index is -4.59. The summed E-state index contributed by atoms with van der Waals surface area (Å²) in [5.74, 6) is -1.44. The normalized spacial score (nSPS) is 19.3. The molecule has 5 rings (SSSR count). The molecule has 1 unspecified atom stereocenters. The lowest BCUT2D eigenvalue weighted by Gasteiger charge is -2.34. The molecular formula is C30H30F3N5O3S. The third kappa shape index (κ3) is 6.12. The molecule has 8 nitrogen and oxygen atoms in total. The van der Waals surface area contributed by atoms with Crippen LogP contribution in [0.1, 0.15) is 58.5 Å². The predicted molar refractivity (Wildman–Crippen MR) is 151 cm³/mol. The number of aryl methyl sites for hydroxylation is 1. The van der Waals surface area contributed by atoms with Gasteiger partial charge in [-0.3, -0.25) is 19.2 Å². The van der Waals surface area contributed by atoms with E-state index in [0.717, 1.165) is 22.4 Å². The van der Waals surface area contributed by atoms with Crippen molar-refractivity contribution in [1.82, 2.24) is 19.6 Å². The van der Waals surface area contributed by atoms with E-state index < -0.39 is 23.9 Å². The minimum absolute atomic E-state index is 0.0189. The molecule has 42 heavy (non-hydrogen) atoms. The standard InChI is InChI=1S/C30H30F3N5O3S/c1-3-38-16-20(28(35-38)30(31,32)33)14-19-8-4-5-9-21(19)23-17-37(18-25-22(23)15-26(34-2)42-25)27(39)11-7-13-36-12-6-10-24(36)29(40)41/h4-5,7-9,11,15-16,23-24H,3,6,10,12-14,17-18H2,1H3,(H,40,41)/b11-7+/t23-,24?/m0/s1. The average Bonchev–Trinajstić information content (AvgIpc) is 3.70. The summed E-state index contributed by atoms with van der Waals surface area (Å²) in [4.78, 5) is 32.8. The molecule has 3 aromatic rings. The molecule has 0 aliphatic carbocycles. The number of rotatable bonds is 8. The number of hydrogen-bond acceptors (Lipinski definition) is 5. The van der Waals surface area contributed by atoms with Crippen LogP contribution >= 0.6 is 11.3 Å². The Morgan fingerprint density at radius 1 is 1.24 bits per heavy atom. The molecule has 1 saturated heterocycles. The van der Waals surface area contributed by atoms with E-state index in [1.54, 1.807) is 30.0 Å². The van der Waals surface area contributed by atoms with Gasteiger partial charge >= 0.3 is 12.1 Å². The number of carbonyl (C=O) groups excluding carboxylic acids is 1. The fourth-order valence-electron chi connectivity index (χ4n) is 5.84. The second-order valence-corrected chi connectivity index (χ2v) is 11.6. The van der Waals surface area contributed by atoms with Crippen molar-refractivity contribution >= 4 is 28.2 Å². The number of fused-ring (bicyclic) bond motifs is 1. The second-order valence-electron chi connectivity index (χ2n) is 10.5. The first-order valence-electron chi connectivity index (χ1n) is 13.7. The predicted octanol–water partition coefficient (Wildman–Crippen LogP) is 5.70. The van der Waals surface area contributed by atoms with Gasteiger partial charge in [-0.05, 0) is 49.1 Å². The first-order valence-corrected chi connectivity index (χ1v) is 14.5. The van der Waals surface area contributed by atoms with E-state index in [1.807, 2.05) is 23.1 Å². The number of benzene rings is 1. The Kier molecular flexibility index (Phi) is 8.52. The summed E-state index contributed by atoms with van der Waals surface area (Å²) in [5.41, 5.74) is 1.59. The fraction of sp³-hybridized carbons (Fsp3) is 0.400. The third-order valence-electron chi connectivity index (χ3n) is 7.85. The smallest absolute Gasteiger partial charge is 0.435 e. The van der Waals surface area contributed by atoms with Crippen molar-refractivity contribution < 1.29 is 27.9 Å². The number of carbonyl (C=O) groups is 2. The number of aliphatic carboxylic acids is 1. The van der Waals surface area contributed by atoms with Crippen molar-refractivity contribution in [1.29, 1.82) is 0 Å². The van der Waals surface area contributed by atoms with Gasteiger partial charge in [0.1, 0.15) is 6.04 Å². The summed E-state index contributed by atoms with van der Waals surface area (Å²) in [7, 11) is 0. The highest BCUT2D eigenvalue weighted by atomic mass is 32.1. The average molecular weight is 598 g/mol. The molecule has 0 radical (unpaired) electrons. The molecule has 12 heteroatoms. The van der Waals surface area contributed by atoms with E-state index in [4.69, 9.17) is 6.57 Å². The highest BCUT2D eigenvalue weighted by Gasteiger charge is 2.38. The van der Waals surface area contributed by atoms with Gasteiger partial charge in [0.15, 0.2) is 5.69 Å². The van der Waals surface area contributed by atoms with Crippen LogP contribution in [0.5, 0.6) is 0 Å². The molecule has 2 atom stereocenters. The maximum absolute atomic E-state index is 13.8. The summed E-state index contributed by atoms with van der Waals surface area (Å²) in [6.45, 7) is 11.2. The van der Waals surface area contributed by atoms with Crippen molar-refractivity contribution in [3.8, 4) is 0 Å². The van der Waals surface area contributed by atoms with Gasteiger partial charge in [0.25, 0.3) is 0 Å². The van der Waals surface area contributed by atoms with Crippen LogP contribution in [0.4, 0.5) is 18.2 Å². The molecule has 1 aromatic carbocycles. The van der Waals surface area contributed by atoms with Gasteiger partial charge < -0.3 is 10.0 Å². The largest absolute Gasteiger partial charge is 0.480 e. The minimum Gasteiger partial charge on any atom is -0.480 e. The molecule has 0 spiro atoms. The van der Waals surface area contributed by atoms with Gasteiger partial charge in [-0.2, -0.15) is 29.6 Å². The van der Waals surface area contributed by atoms with E-state index in [-0.39, 0.29) is 23.8 Å². The Hall–Kier alpha value is -3.95. The zero-order valence-electron chi connectivity index (χ0n) is 23.0. The zero-order chi connectivity index (χ0) is 30.0. The van der Waals surface area contributed by atoms with Crippen LogP contribution in [-0.2, 0) is 35.3 Å². The number of aromatic nitrogens is 2.